The zero-order chi connectivity index (χ0) is 25.2. The number of amides is 2. The van der Waals surface area contributed by atoms with Gasteiger partial charge in [-0.1, -0.05) is 18.2 Å². The highest BCUT2D eigenvalue weighted by atomic mass is 79.9. The number of nitrogens with one attached hydrogen (secondary N) is 2. The lowest BCUT2D eigenvalue weighted by Gasteiger charge is -2.15. The van der Waals surface area contributed by atoms with Crippen molar-refractivity contribution in [1.29, 1.82) is 5.26 Å². The Labute approximate surface area is 210 Å². The number of carbonyl (C=O) groups excluding carboxylic acids is 2. The van der Waals surface area contributed by atoms with Gasteiger partial charge >= 0.3 is 0 Å². The van der Waals surface area contributed by atoms with Gasteiger partial charge in [-0.05, 0) is 83.0 Å². The van der Waals surface area contributed by atoms with E-state index in [2.05, 4.69) is 26.6 Å². The predicted molar refractivity (Wildman–Crippen MR) is 134 cm³/mol. The maximum absolute atomic E-state index is 13.0. The third-order valence-corrected chi connectivity index (χ3v) is 5.10. The molecular formula is C26H21BrFN3O4. The third-order valence-electron chi connectivity index (χ3n) is 4.52. The van der Waals surface area contributed by atoms with Gasteiger partial charge in [-0.2, -0.15) is 5.26 Å². The van der Waals surface area contributed by atoms with Crippen molar-refractivity contribution in [2.75, 3.05) is 23.8 Å². The highest BCUT2D eigenvalue weighted by Crippen LogP contribution is 2.37. The molecule has 9 heteroatoms. The van der Waals surface area contributed by atoms with Crippen molar-refractivity contribution in [3.05, 3.63) is 88.2 Å². The largest absolute Gasteiger partial charge is 0.490 e. The van der Waals surface area contributed by atoms with E-state index < -0.39 is 17.6 Å². The van der Waals surface area contributed by atoms with Gasteiger partial charge in [0.15, 0.2) is 18.1 Å². The fourth-order valence-corrected chi connectivity index (χ4v) is 3.55. The highest BCUT2D eigenvalue weighted by molar-refractivity contribution is 9.10. The van der Waals surface area contributed by atoms with Crippen LogP contribution >= 0.6 is 15.9 Å². The zero-order valence-electron chi connectivity index (χ0n) is 18.7. The molecule has 0 aliphatic carbocycles. The predicted octanol–water partition coefficient (Wildman–Crippen LogP) is 5.55. The molecule has 0 aromatic heterocycles. The van der Waals surface area contributed by atoms with Crippen molar-refractivity contribution in [2.24, 2.45) is 0 Å². The van der Waals surface area contributed by atoms with E-state index in [0.29, 0.717) is 33.8 Å². The summed E-state index contributed by atoms with van der Waals surface area (Å²) in [5.41, 5.74) is 1.42. The number of nitriles is 1. The van der Waals surface area contributed by atoms with E-state index in [1.807, 2.05) is 12.1 Å². The summed E-state index contributed by atoms with van der Waals surface area (Å²) >= 11 is 3.40. The fourth-order valence-electron chi connectivity index (χ4n) is 2.98. The molecule has 7 nitrogen and oxygen atoms in total. The first-order valence-electron chi connectivity index (χ1n) is 10.5. The molecule has 0 radical (unpaired) electrons. The molecule has 0 bridgehead atoms. The van der Waals surface area contributed by atoms with Gasteiger partial charge in [-0.3, -0.25) is 9.59 Å². The van der Waals surface area contributed by atoms with Gasteiger partial charge in [0.25, 0.3) is 11.8 Å². The second-order valence-corrected chi connectivity index (χ2v) is 7.95. The van der Waals surface area contributed by atoms with Crippen LogP contribution in [0.1, 0.15) is 12.5 Å². The summed E-state index contributed by atoms with van der Waals surface area (Å²) in [5.74, 6) is -0.797. The van der Waals surface area contributed by atoms with Crippen molar-refractivity contribution in [3.63, 3.8) is 0 Å². The number of halogens is 2. The Morgan fingerprint density at radius 2 is 1.71 bits per heavy atom. The molecule has 0 saturated carbocycles. The highest BCUT2D eigenvalue weighted by Gasteiger charge is 2.16. The number of anilines is 2. The summed E-state index contributed by atoms with van der Waals surface area (Å²) in [6.45, 7) is 1.78. The van der Waals surface area contributed by atoms with Gasteiger partial charge in [0.05, 0.1) is 11.1 Å². The zero-order valence-corrected chi connectivity index (χ0v) is 20.3. The quantitative estimate of drug-likeness (QED) is 0.275. The van der Waals surface area contributed by atoms with E-state index in [1.54, 1.807) is 43.3 Å². The van der Waals surface area contributed by atoms with E-state index in [-0.39, 0.29) is 17.9 Å². The van der Waals surface area contributed by atoms with Gasteiger partial charge < -0.3 is 20.1 Å². The van der Waals surface area contributed by atoms with Gasteiger partial charge in [0, 0.05) is 11.4 Å². The third kappa shape index (κ3) is 7.42. The minimum Gasteiger partial charge on any atom is -0.490 e. The Balaban J connectivity index is 1.76. The van der Waals surface area contributed by atoms with Crippen LogP contribution in [-0.4, -0.2) is 25.0 Å². The van der Waals surface area contributed by atoms with Crippen molar-refractivity contribution in [1.82, 2.24) is 0 Å². The summed E-state index contributed by atoms with van der Waals surface area (Å²) < 4.78 is 24.8. The Morgan fingerprint density at radius 1 is 1.03 bits per heavy atom. The van der Waals surface area contributed by atoms with Crippen LogP contribution in [0.4, 0.5) is 15.8 Å². The second-order valence-electron chi connectivity index (χ2n) is 7.10. The van der Waals surface area contributed by atoms with E-state index in [9.17, 15) is 19.2 Å². The van der Waals surface area contributed by atoms with Crippen LogP contribution in [0.15, 0.2) is 76.8 Å². The molecule has 0 aliphatic heterocycles. The molecule has 3 aromatic carbocycles. The molecule has 0 saturated heterocycles. The lowest BCUT2D eigenvalue weighted by molar-refractivity contribution is -0.118. The molecule has 0 heterocycles. The average molecular weight is 538 g/mol. The van der Waals surface area contributed by atoms with Crippen LogP contribution < -0.4 is 20.1 Å². The number of carbonyl (C=O) groups is 2. The van der Waals surface area contributed by atoms with Crippen LogP contribution in [-0.2, 0) is 9.59 Å². The second kappa shape index (κ2) is 12.3. The molecule has 3 rings (SSSR count). The molecule has 0 aliphatic rings. The molecule has 178 valence electrons. The van der Waals surface area contributed by atoms with E-state index in [0.717, 1.165) is 0 Å². The van der Waals surface area contributed by atoms with Crippen LogP contribution in [0.25, 0.3) is 6.08 Å². The maximum atomic E-state index is 13.0. The number of nitrogens with zero attached hydrogens (tertiary/aromatic N) is 1. The Hall–Kier alpha value is -4.16. The first-order chi connectivity index (χ1) is 16.9. The summed E-state index contributed by atoms with van der Waals surface area (Å²) in [7, 11) is 0. The lowest BCUT2D eigenvalue weighted by atomic mass is 10.1. The minimum atomic E-state index is -0.550. The van der Waals surface area contributed by atoms with Gasteiger partial charge in [-0.25, -0.2) is 4.39 Å². The van der Waals surface area contributed by atoms with E-state index in [4.69, 9.17) is 9.47 Å². The molecule has 2 N–H and O–H groups in total. The van der Waals surface area contributed by atoms with E-state index >= 15 is 0 Å². The Morgan fingerprint density at radius 3 is 2.37 bits per heavy atom. The SMILES string of the molecule is CCOc1cc(/C=C(\C#N)C(=O)Nc2ccccc2)cc(Br)c1OCC(=O)Nc1ccc(F)cc1. The molecule has 3 aromatic rings. The van der Waals surface area contributed by atoms with Crippen LogP contribution in [0.3, 0.4) is 0 Å². The van der Waals surface area contributed by atoms with Crippen molar-refractivity contribution in [3.8, 4) is 17.6 Å². The normalized spacial score (nSPS) is 10.7. The molecular weight excluding hydrogens is 517 g/mol. The molecule has 2 amide bonds. The van der Waals surface area contributed by atoms with Gasteiger partial charge in [0.1, 0.15) is 17.5 Å². The molecule has 0 unspecified atom stereocenters. The summed E-state index contributed by atoms with van der Waals surface area (Å²) in [5, 5.41) is 14.8. The fraction of sp³-hybridized carbons (Fsp3) is 0.115. The summed E-state index contributed by atoms with van der Waals surface area (Å²) in [6, 6.07) is 19.3. The van der Waals surface area contributed by atoms with Gasteiger partial charge in [-0.15, -0.1) is 0 Å². The first-order valence-corrected chi connectivity index (χ1v) is 11.3. The average Bonchev–Trinajstić information content (AvgIpc) is 2.84. The molecule has 0 atom stereocenters. The smallest absolute Gasteiger partial charge is 0.266 e. The molecule has 0 fully saturated rings. The number of benzene rings is 3. The van der Waals surface area contributed by atoms with Crippen molar-refractivity contribution >= 4 is 45.2 Å². The van der Waals surface area contributed by atoms with Crippen molar-refractivity contribution in [2.45, 2.75) is 6.92 Å². The summed E-state index contributed by atoms with van der Waals surface area (Å²) in [6.07, 6.45) is 1.43. The monoisotopic (exact) mass is 537 g/mol. The Kier molecular flexibility index (Phi) is 8.98. The standard InChI is InChI=1S/C26H21BrFN3O4/c1-2-34-23-14-17(12-18(15-29)26(33)31-20-6-4-3-5-7-20)13-22(27)25(23)35-16-24(32)30-21-10-8-19(28)9-11-21/h3-14H,2,16H2,1H3,(H,30,32)(H,31,33)/b18-12+. The number of hydrogen-bond acceptors (Lipinski definition) is 5. The maximum Gasteiger partial charge on any atom is 0.266 e. The number of ether oxygens (including phenoxy) is 2. The van der Waals surface area contributed by atoms with Crippen LogP contribution in [0.5, 0.6) is 11.5 Å². The van der Waals surface area contributed by atoms with Crippen LogP contribution in [0.2, 0.25) is 0 Å². The topological polar surface area (TPSA) is 100 Å². The van der Waals surface area contributed by atoms with Crippen LogP contribution in [0, 0.1) is 17.1 Å². The molecule has 0 spiro atoms. The lowest BCUT2D eigenvalue weighted by Crippen LogP contribution is -2.20. The Bertz CT molecular complexity index is 1270. The first kappa shape index (κ1) is 25.5. The number of rotatable bonds is 9. The van der Waals surface area contributed by atoms with E-state index in [1.165, 1.54) is 30.3 Å². The molecule has 35 heavy (non-hydrogen) atoms. The number of para-hydroxylation sites is 1. The van der Waals surface area contributed by atoms with Crippen molar-refractivity contribution < 1.29 is 23.5 Å². The number of hydrogen-bond donors (Lipinski definition) is 2. The minimum absolute atomic E-state index is 0.101. The summed E-state index contributed by atoms with van der Waals surface area (Å²) in [4.78, 5) is 24.8. The van der Waals surface area contributed by atoms with Gasteiger partial charge in [0.2, 0.25) is 0 Å².